The zero-order valence-corrected chi connectivity index (χ0v) is 16.6. The van der Waals surface area contributed by atoms with Crippen molar-refractivity contribution in [2.75, 3.05) is 50.1 Å². The van der Waals surface area contributed by atoms with Crippen molar-refractivity contribution in [3.8, 4) is 5.75 Å². The van der Waals surface area contributed by atoms with Gasteiger partial charge in [0.15, 0.2) is 11.6 Å². The molecule has 9 nitrogen and oxygen atoms in total. The van der Waals surface area contributed by atoms with Gasteiger partial charge in [-0.1, -0.05) is 12.1 Å². The normalized spacial score (nSPS) is 13.7. The van der Waals surface area contributed by atoms with Crippen LogP contribution in [0.15, 0.2) is 36.4 Å². The summed E-state index contributed by atoms with van der Waals surface area (Å²) in [6, 6.07) is 10.9. The van der Waals surface area contributed by atoms with Crippen molar-refractivity contribution in [2.24, 2.45) is 0 Å². The van der Waals surface area contributed by atoms with Crippen molar-refractivity contribution in [3.05, 3.63) is 42.0 Å². The van der Waals surface area contributed by atoms with E-state index in [4.69, 9.17) is 9.47 Å². The lowest BCUT2D eigenvalue weighted by atomic mass is 10.1. The Bertz CT molecular complexity index is 818. The third-order valence-corrected chi connectivity index (χ3v) is 4.57. The molecule has 2 amide bonds. The van der Waals surface area contributed by atoms with Crippen molar-refractivity contribution >= 4 is 23.6 Å². The van der Waals surface area contributed by atoms with E-state index >= 15 is 0 Å². The molecule has 1 aliphatic heterocycles. The minimum absolute atomic E-state index is 0.166. The minimum Gasteiger partial charge on any atom is -0.497 e. The van der Waals surface area contributed by atoms with Gasteiger partial charge in [-0.2, -0.15) is 0 Å². The SMILES string of the molecule is CCOC(=O)N1CCN(c2ccc(NC(=O)Cc3ccc(OC)cc3)nn2)CC1. The predicted molar refractivity (Wildman–Crippen MR) is 108 cm³/mol. The fraction of sp³-hybridized carbons (Fsp3) is 0.400. The number of anilines is 2. The van der Waals surface area contributed by atoms with Gasteiger partial charge in [0, 0.05) is 26.2 Å². The van der Waals surface area contributed by atoms with E-state index in [1.165, 1.54) is 0 Å². The smallest absolute Gasteiger partial charge is 0.409 e. The molecule has 0 unspecified atom stereocenters. The van der Waals surface area contributed by atoms with Gasteiger partial charge in [-0.25, -0.2) is 4.79 Å². The lowest BCUT2D eigenvalue weighted by Crippen LogP contribution is -2.49. The summed E-state index contributed by atoms with van der Waals surface area (Å²) >= 11 is 0. The Morgan fingerprint density at radius 2 is 1.76 bits per heavy atom. The van der Waals surface area contributed by atoms with Crippen LogP contribution in [0.5, 0.6) is 5.75 Å². The van der Waals surface area contributed by atoms with Crippen molar-refractivity contribution in [1.82, 2.24) is 15.1 Å². The number of hydrogen-bond donors (Lipinski definition) is 1. The molecule has 9 heteroatoms. The van der Waals surface area contributed by atoms with Crippen LogP contribution < -0.4 is 15.0 Å². The van der Waals surface area contributed by atoms with E-state index in [0.29, 0.717) is 44.4 Å². The summed E-state index contributed by atoms with van der Waals surface area (Å²) in [5.74, 6) is 1.69. The Labute approximate surface area is 169 Å². The molecular formula is C20H25N5O4. The number of ether oxygens (including phenoxy) is 2. The first-order valence-corrected chi connectivity index (χ1v) is 9.52. The molecular weight excluding hydrogens is 374 g/mol. The zero-order chi connectivity index (χ0) is 20.6. The topological polar surface area (TPSA) is 96.9 Å². The van der Waals surface area contributed by atoms with E-state index in [9.17, 15) is 9.59 Å². The second-order valence-corrected chi connectivity index (χ2v) is 6.52. The molecule has 0 bridgehead atoms. The standard InChI is InChI=1S/C20H25N5O4/c1-3-29-20(27)25-12-10-24(11-13-25)18-9-8-17(22-23-18)21-19(26)14-15-4-6-16(28-2)7-5-15/h4-9H,3,10-14H2,1-2H3,(H,21,22,26). The summed E-state index contributed by atoms with van der Waals surface area (Å²) in [4.78, 5) is 27.7. The molecule has 1 aliphatic rings. The summed E-state index contributed by atoms with van der Waals surface area (Å²) < 4.78 is 10.1. The van der Waals surface area contributed by atoms with E-state index in [2.05, 4.69) is 15.5 Å². The van der Waals surface area contributed by atoms with E-state index in [-0.39, 0.29) is 18.4 Å². The Kier molecular flexibility index (Phi) is 6.83. The number of benzene rings is 1. The molecule has 0 saturated carbocycles. The number of piperazine rings is 1. The van der Waals surface area contributed by atoms with Crippen molar-refractivity contribution in [3.63, 3.8) is 0 Å². The Hall–Kier alpha value is -3.36. The van der Waals surface area contributed by atoms with Gasteiger partial charge in [-0.3, -0.25) is 4.79 Å². The van der Waals surface area contributed by atoms with Gasteiger partial charge in [0.1, 0.15) is 5.75 Å². The van der Waals surface area contributed by atoms with Crippen molar-refractivity contribution in [2.45, 2.75) is 13.3 Å². The third kappa shape index (κ3) is 5.56. The highest BCUT2D eigenvalue weighted by Crippen LogP contribution is 2.16. The number of hydrogen-bond acceptors (Lipinski definition) is 7. The maximum atomic E-state index is 12.2. The van der Waals surface area contributed by atoms with Crippen LogP contribution in [-0.2, 0) is 16.0 Å². The molecule has 1 fully saturated rings. The molecule has 154 valence electrons. The number of carbonyl (C=O) groups is 2. The molecule has 1 aromatic carbocycles. The zero-order valence-electron chi connectivity index (χ0n) is 16.6. The number of carbonyl (C=O) groups excluding carboxylic acids is 2. The second kappa shape index (κ2) is 9.72. The predicted octanol–water partition coefficient (Wildman–Crippen LogP) is 1.94. The lowest BCUT2D eigenvalue weighted by molar-refractivity contribution is -0.115. The van der Waals surface area contributed by atoms with E-state index in [1.54, 1.807) is 25.0 Å². The van der Waals surface area contributed by atoms with Gasteiger partial charge in [-0.15, -0.1) is 10.2 Å². The second-order valence-electron chi connectivity index (χ2n) is 6.52. The van der Waals surface area contributed by atoms with Gasteiger partial charge in [-0.05, 0) is 36.8 Å². The molecule has 0 aliphatic carbocycles. The van der Waals surface area contributed by atoms with Crippen LogP contribution in [0.2, 0.25) is 0 Å². The van der Waals surface area contributed by atoms with E-state index < -0.39 is 0 Å². The number of nitrogens with zero attached hydrogens (tertiary/aromatic N) is 4. The number of amides is 2. The Morgan fingerprint density at radius 1 is 1.03 bits per heavy atom. The number of rotatable bonds is 6. The van der Waals surface area contributed by atoms with Crippen molar-refractivity contribution < 1.29 is 19.1 Å². The average Bonchev–Trinajstić information content (AvgIpc) is 2.75. The highest BCUT2D eigenvalue weighted by molar-refractivity contribution is 5.91. The highest BCUT2D eigenvalue weighted by Gasteiger charge is 2.22. The maximum Gasteiger partial charge on any atom is 0.409 e. The van der Waals surface area contributed by atoms with Gasteiger partial charge >= 0.3 is 6.09 Å². The van der Waals surface area contributed by atoms with E-state index in [0.717, 1.165) is 11.3 Å². The Balaban J connectivity index is 1.49. The minimum atomic E-state index is -0.284. The lowest BCUT2D eigenvalue weighted by Gasteiger charge is -2.34. The fourth-order valence-electron chi connectivity index (χ4n) is 3.01. The molecule has 3 rings (SSSR count). The summed E-state index contributed by atoms with van der Waals surface area (Å²) in [6.45, 7) is 4.60. The van der Waals surface area contributed by atoms with Crippen molar-refractivity contribution in [1.29, 1.82) is 0 Å². The van der Waals surface area contributed by atoms with Gasteiger partial charge < -0.3 is 24.6 Å². The van der Waals surface area contributed by atoms with Crippen LogP contribution in [0.25, 0.3) is 0 Å². The maximum absolute atomic E-state index is 12.2. The molecule has 1 saturated heterocycles. The number of aromatic nitrogens is 2. The van der Waals surface area contributed by atoms with Gasteiger partial charge in [0.25, 0.3) is 0 Å². The molecule has 1 N–H and O–H groups in total. The first-order valence-electron chi connectivity index (χ1n) is 9.52. The monoisotopic (exact) mass is 399 g/mol. The van der Waals surface area contributed by atoms with E-state index in [1.807, 2.05) is 35.2 Å². The molecule has 0 radical (unpaired) electrons. The number of methoxy groups -OCH3 is 1. The molecule has 1 aromatic heterocycles. The van der Waals surface area contributed by atoms with Crippen LogP contribution in [0.4, 0.5) is 16.4 Å². The summed E-state index contributed by atoms with van der Waals surface area (Å²) in [6.07, 6.45) is -0.0448. The van der Waals surface area contributed by atoms with Gasteiger partial charge in [0.2, 0.25) is 5.91 Å². The summed E-state index contributed by atoms with van der Waals surface area (Å²) in [7, 11) is 1.60. The van der Waals surface area contributed by atoms with Gasteiger partial charge in [0.05, 0.1) is 20.1 Å². The van der Waals surface area contributed by atoms with Crippen LogP contribution in [-0.4, -0.2) is 67.0 Å². The highest BCUT2D eigenvalue weighted by atomic mass is 16.6. The third-order valence-electron chi connectivity index (χ3n) is 4.57. The Morgan fingerprint density at radius 3 is 2.34 bits per heavy atom. The molecule has 0 spiro atoms. The largest absolute Gasteiger partial charge is 0.497 e. The molecule has 0 atom stereocenters. The average molecular weight is 399 g/mol. The van der Waals surface area contributed by atoms with Crippen LogP contribution in [0.1, 0.15) is 12.5 Å². The number of nitrogens with one attached hydrogen (secondary N) is 1. The first kappa shape index (κ1) is 20.4. The molecule has 2 aromatic rings. The summed E-state index contributed by atoms with van der Waals surface area (Å²) in [5, 5.41) is 11.1. The first-order chi connectivity index (χ1) is 14.1. The summed E-state index contributed by atoms with van der Waals surface area (Å²) in [5.41, 5.74) is 0.882. The molecule has 29 heavy (non-hydrogen) atoms. The van der Waals surface area contributed by atoms with Crippen LogP contribution in [0.3, 0.4) is 0 Å². The fourth-order valence-corrected chi connectivity index (χ4v) is 3.01. The quantitative estimate of drug-likeness (QED) is 0.793. The van der Waals surface area contributed by atoms with Crippen LogP contribution >= 0.6 is 0 Å². The van der Waals surface area contributed by atoms with Crippen LogP contribution in [0, 0.1) is 0 Å². The molecule has 2 heterocycles.